The third kappa shape index (κ3) is 3.14. The highest BCUT2D eigenvalue weighted by Gasteiger charge is 2.35. The van der Waals surface area contributed by atoms with Crippen molar-refractivity contribution in [2.75, 3.05) is 0 Å². The molecule has 108 valence electrons. The van der Waals surface area contributed by atoms with Crippen molar-refractivity contribution in [3.05, 3.63) is 54.0 Å². The van der Waals surface area contributed by atoms with Crippen molar-refractivity contribution >= 4 is 0 Å². The van der Waals surface area contributed by atoms with E-state index in [1.807, 2.05) is 0 Å². The van der Waals surface area contributed by atoms with Crippen LogP contribution in [0.15, 0.2) is 47.1 Å². The molecular formula is C14H14F3NO2. The number of ether oxygens (including phenoxy) is 1. The van der Waals surface area contributed by atoms with E-state index in [1.165, 1.54) is 24.5 Å². The lowest BCUT2D eigenvalue weighted by Crippen LogP contribution is -2.29. The van der Waals surface area contributed by atoms with Crippen molar-refractivity contribution in [3.8, 4) is 5.75 Å². The Morgan fingerprint density at radius 3 is 2.40 bits per heavy atom. The fourth-order valence-electron chi connectivity index (χ4n) is 1.82. The summed E-state index contributed by atoms with van der Waals surface area (Å²) in [5, 5.41) is 0. The molecule has 0 bridgehead atoms. The molecular weight excluding hydrogens is 271 g/mol. The second kappa shape index (κ2) is 5.58. The summed E-state index contributed by atoms with van der Waals surface area (Å²) in [5.74, 6) is 0.121. The van der Waals surface area contributed by atoms with E-state index in [-0.39, 0.29) is 5.75 Å². The monoisotopic (exact) mass is 285 g/mol. The summed E-state index contributed by atoms with van der Waals surface area (Å²) in [6.07, 6.45) is -3.85. The van der Waals surface area contributed by atoms with Gasteiger partial charge in [-0.05, 0) is 31.2 Å². The van der Waals surface area contributed by atoms with Gasteiger partial charge in [-0.25, -0.2) is 0 Å². The molecule has 0 aliphatic carbocycles. The molecule has 0 fully saturated rings. The third-order valence-corrected chi connectivity index (χ3v) is 2.75. The zero-order valence-corrected chi connectivity index (χ0v) is 10.7. The van der Waals surface area contributed by atoms with E-state index >= 15 is 0 Å². The number of rotatable bonds is 4. The molecule has 0 spiro atoms. The van der Waals surface area contributed by atoms with Gasteiger partial charge in [0.15, 0.2) is 6.10 Å². The molecule has 1 aromatic heterocycles. The summed E-state index contributed by atoms with van der Waals surface area (Å²) < 4.78 is 49.3. The minimum absolute atomic E-state index is 0.265. The number of para-hydroxylation sites is 1. The van der Waals surface area contributed by atoms with Gasteiger partial charge >= 0.3 is 6.18 Å². The Bertz CT molecular complexity index is 550. The maximum Gasteiger partial charge on any atom is 0.419 e. The summed E-state index contributed by atoms with van der Waals surface area (Å²) >= 11 is 0. The number of hydrogen-bond acceptors (Lipinski definition) is 3. The zero-order valence-electron chi connectivity index (χ0n) is 10.7. The Balaban J connectivity index is 2.33. The van der Waals surface area contributed by atoms with Gasteiger partial charge in [-0.2, -0.15) is 13.2 Å². The molecule has 2 N–H and O–H groups in total. The smallest absolute Gasteiger partial charge is 0.419 e. The van der Waals surface area contributed by atoms with E-state index in [0.29, 0.717) is 5.76 Å². The number of alkyl halides is 3. The van der Waals surface area contributed by atoms with Crippen molar-refractivity contribution in [2.45, 2.75) is 25.2 Å². The van der Waals surface area contributed by atoms with Gasteiger partial charge < -0.3 is 14.9 Å². The second-order valence-corrected chi connectivity index (χ2v) is 4.41. The van der Waals surface area contributed by atoms with E-state index in [0.717, 1.165) is 6.07 Å². The zero-order chi connectivity index (χ0) is 14.8. The van der Waals surface area contributed by atoms with E-state index in [1.54, 1.807) is 19.1 Å². The number of hydrogen-bond donors (Lipinski definition) is 1. The maximum atomic E-state index is 12.9. The van der Waals surface area contributed by atoms with Gasteiger partial charge in [0.2, 0.25) is 0 Å². The molecule has 3 nitrogen and oxygen atoms in total. The van der Waals surface area contributed by atoms with Crippen LogP contribution in [0.3, 0.4) is 0 Å². The Hall–Kier alpha value is -1.95. The summed E-state index contributed by atoms with van der Waals surface area (Å²) in [6, 6.07) is 7.74. The Kier molecular flexibility index (Phi) is 4.04. The lowest BCUT2D eigenvalue weighted by molar-refractivity contribution is -0.139. The van der Waals surface area contributed by atoms with Crippen molar-refractivity contribution in [1.29, 1.82) is 0 Å². The molecule has 1 heterocycles. The fourth-order valence-corrected chi connectivity index (χ4v) is 1.82. The summed E-state index contributed by atoms with van der Waals surface area (Å²) in [6.45, 7) is 1.64. The first-order valence-electron chi connectivity index (χ1n) is 6.01. The van der Waals surface area contributed by atoms with E-state index in [2.05, 4.69) is 0 Å². The van der Waals surface area contributed by atoms with Crippen molar-refractivity contribution in [2.24, 2.45) is 5.73 Å². The van der Waals surface area contributed by atoms with E-state index < -0.39 is 23.9 Å². The first kappa shape index (κ1) is 14.5. The molecule has 0 saturated carbocycles. The Labute approximate surface area is 114 Å². The topological polar surface area (TPSA) is 48.4 Å². The molecule has 20 heavy (non-hydrogen) atoms. The van der Waals surface area contributed by atoms with Crippen molar-refractivity contribution in [3.63, 3.8) is 0 Å². The van der Waals surface area contributed by atoms with Gasteiger partial charge in [0, 0.05) is 6.04 Å². The quantitative estimate of drug-likeness (QED) is 0.930. The van der Waals surface area contributed by atoms with Gasteiger partial charge in [0.1, 0.15) is 11.5 Å². The molecule has 2 aromatic rings. The first-order chi connectivity index (χ1) is 9.39. The van der Waals surface area contributed by atoms with Crippen LogP contribution in [0.4, 0.5) is 13.2 Å². The number of halogens is 3. The molecule has 0 saturated heterocycles. The fraction of sp³-hybridized carbons (Fsp3) is 0.286. The van der Waals surface area contributed by atoms with Gasteiger partial charge in [-0.15, -0.1) is 0 Å². The summed E-state index contributed by atoms with van der Waals surface area (Å²) in [4.78, 5) is 0. The van der Waals surface area contributed by atoms with E-state index in [4.69, 9.17) is 14.9 Å². The SMILES string of the molecule is CC(N)C(Oc1ccccc1C(F)(F)F)c1ccco1. The molecule has 0 amide bonds. The summed E-state index contributed by atoms with van der Waals surface area (Å²) in [7, 11) is 0. The molecule has 1 aromatic carbocycles. The van der Waals surface area contributed by atoms with Crippen LogP contribution in [0, 0.1) is 0 Å². The van der Waals surface area contributed by atoms with Crippen LogP contribution in [0.25, 0.3) is 0 Å². The average molecular weight is 285 g/mol. The van der Waals surface area contributed by atoms with Gasteiger partial charge in [0.05, 0.1) is 11.8 Å². The predicted molar refractivity (Wildman–Crippen MR) is 67.2 cm³/mol. The average Bonchev–Trinajstić information content (AvgIpc) is 2.88. The first-order valence-corrected chi connectivity index (χ1v) is 6.01. The normalized spacial score (nSPS) is 14.8. The molecule has 0 aliphatic rings. The minimum atomic E-state index is -4.48. The number of benzene rings is 1. The molecule has 2 rings (SSSR count). The largest absolute Gasteiger partial charge is 0.480 e. The lowest BCUT2D eigenvalue weighted by Gasteiger charge is -2.22. The molecule has 2 atom stereocenters. The highest BCUT2D eigenvalue weighted by atomic mass is 19.4. The van der Waals surface area contributed by atoms with Gasteiger partial charge in [-0.3, -0.25) is 0 Å². The third-order valence-electron chi connectivity index (χ3n) is 2.75. The van der Waals surface area contributed by atoms with Gasteiger partial charge in [0.25, 0.3) is 0 Å². The maximum absolute atomic E-state index is 12.9. The van der Waals surface area contributed by atoms with E-state index in [9.17, 15) is 13.2 Å². The van der Waals surface area contributed by atoms with Gasteiger partial charge in [-0.1, -0.05) is 12.1 Å². The Morgan fingerprint density at radius 1 is 1.15 bits per heavy atom. The molecule has 2 unspecified atom stereocenters. The highest BCUT2D eigenvalue weighted by Crippen LogP contribution is 2.38. The second-order valence-electron chi connectivity index (χ2n) is 4.41. The predicted octanol–water partition coefficient (Wildman–Crippen LogP) is 3.77. The van der Waals surface area contributed by atoms with Crippen LogP contribution in [0.1, 0.15) is 24.4 Å². The minimum Gasteiger partial charge on any atom is -0.480 e. The van der Waals surface area contributed by atoms with Crippen LogP contribution in [0.5, 0.6) is 5.75 Å². The van der Waals surface area contributed by atoms with Crippen LogP contribution in [-0.2, 0) is 6.18 Å². The highest BCUT2D eigenvalue weighted by molar-refractivity contribution is 5.36. The Morgan fingerprint density at radius 2 is 1.85 bits per heavy atom. The van der Waals surface area contributed by atoms with Crippen molar-refractivity contribution < 1.29 is 22.3 Å². The number of furan rings is 1. The van der Waals surface area contributed by atoms with Crippen LogP contribution in [-0.4, -0.2) is 6.04 Å². The molecule has 0 radical (unpaired) electrons. The lowest BCUT2D eigenvalue weighted by atomic mass is 10.1. The summed E-state index contributed by atoms with van der Waals surface area (Å²) in [5.41, 5.74) is 4.93. The standard InChI is InChI=1S/C14H14F3NO2/c1-9(18)13(12-7-4-8-19-12)20-11-6-3-2-5-10(11)14(15,16)17/h2-9,13H,18H2,1H3. The van der Waals surface area contributed by atoms with Crippen molar-refractivity contribution in [1.82, 2.24) is 0 Å². The molecule has 6 heteroatoms. The number of nitrogens with two attached hydrogens (primary N) is 1. The van der Waals surface area contributed by atoms with Crippen LogP contribution < -0.4 is 10.5 Å². The molecule has 0 aliphatic heterocycles. The van der Waals surface area contributed by atoms with Crippen LogP contribution in [0.2, 0.25) is 0 Å². The van der Waals surface area contributed by atoms with Crippen LogP contribution >= 0.6 is 0 Å².